The normalized spacial score (nSPS) is 10.2. The van der Waals surface area contributed by atoms with Crippen LogP contribution in [0.4, 0.5) is 5.69 Å². The monoisotopic (exact) mass is 293 g/mol. The molecule has 0 fully saturated rings. The largest absolute Gasteiger partial charge is 0.288 e. The second-order valence-electron chi connectivity index (χ2n) is 4.72. The fourth-order valence-corrected chi connectivity index (χ4v) is 2.04. The van der Waals surface area contributed by atoms with Crippen LogP contribution in [0.1, 0.15) is 10.4 Å². The summed E-state index contributed by atoms with van der Waals surface area (Å²) in [5.74, 6) is -0.170. The van der Waals surface area contributed by atoms with Crippen LogP contribution in [0.2, 0.25) is 0 Å². The van der Waals surface area contributed by atoms with Gasteiger partial charge in [0.05, 0.1) is 11.4 Å². The summed E-state index contributed by atoms with van der Waals surface area (Å²) in [7, 11) is 1.80. The van der Waals surface area contributed by atoms with Crippen LogP contribution in [-0.2, 0) is 0 Å². The topological polar surface area (TPSA) is 63.1 Å². The van der Waals surface area contributed by atoms with Gasteiger partial charge in [0.1, 0.15) is 12.7 Å². The summed E-state index contributed by atoms with van der Waals surface area (Å²) in [6.45, 7) is 0. The summed E-state index contributed by atoms with van der Waals surface area (Å²) in [4.78, 5) is 16.1. The maximum atomic E-state index is 12.2. The Hall–Kier alpha value is -3.15. The lowest BCUT2D eigenvalue weighted by molar-refractivity contribution is 0.0951. The minimum Gasteiger partial charge on any atom is -0.288 e. The van der Waals surface area contributed by atoms with E-state index in [9.17, 15) is 4.79 Å². The van der Waals surface area contributed by atoms with Gasteiger partial charge < -0.3 is 0 Å². The van der Waals surface area contributed by atoms with Crippen molar-refractivity contribution < 1.29 is 4.79 Å². The number of nitrogens with zero attached hydrogens (tertiary/aromatic N) is 4. The van der Waals surface area contributed by atoms with Crippen molar-refractivity contribution in [3.63, 3.8) is 0 Å². The Morgan fingerprint density at radius 3 is 2.45 bits per heavy atom. The molecule has 1 heterocycles. The maximum Gasteiger partial charge on any atom is 0.269 e. The maximum absolute atomic E-state index is 12.2. The first-order valence-electron chi connectivity index (χ1n) is 6.79. The van der Waals surface area contributed by atoms with Gasteiger partial charge in [0, 0.05) is 12.6 Å². The second-order valence-corrected chi connectivity index (χ2v) is 4.72. The van der Waals surface area contributed by atoms with E-state index in [0.717, 1.165) is 11.4 Å². The lowest BCUT2D eigenvalue weighted by atomic mass is 10.2. The van der Waals surface area contributed by atoms with Gasteiger partial charge in [0.2, 0.25) is 0 Å². The van der Waals surface area contributed by atoms with Crippen LogP contribution in [0.3, 0.4) is 0 Å². The van der Waals surface area contributed by atoms with Crippen molar-refractivity contribution in [1.29, 1.82) is 0 Å². The summed E-state index contributed by atoms with van der Waals surface area (Å²) in [6.07, 6.45) is 3.08. The van der Waals surface area contributed by atoms with E-state index in [1.807, 2.05) is 42.5 Å². The third-order valence-corrected chi connectivity index (χ3v) is 3.23. The van der Waals surface area contributed by atoms with E-state index in [1.165, 1.54) is 6.33 Å². The Kier molecular flexibility index (Phi) is 3.82. The van der Waals surface area contributed by atoms with E-state index >= 15 is 0 Å². The summed E-state index contributed by atoms with van der Waals surface area (Å²) >= 11 is 0. The quantitative estimate of drug-likeness (QED) is 0.748. The number of amides is 1. The van der Waals surface area contributed by atoms with E-state index < -0.39 is 0 Å². The van der Waals surface area contributed by atoms with Gasteiger partial charge in [-0.1, -0.05) is 18.2 Å². The predicted octanol–water partition coefficient (Wildman–Crippen LogP) is 2.05. The molecular formula is C16H15N5O. The van der Waals surface area contributed by atoms with Crippen LogP contribution in [0.15, 0.2) is 67.3 Å². The molecule has 0 saturated heterocycles. The number of hydrazine groups is 1. The molecule has 3 aromatic rings. The zero-order chi connectivity index (χ0) is 15.4. The van der Waals surface area contributed by atoms with E-state index in [4.69, 9.17) is 0 Å². The molecule has 0 radical (unpaired) electrons. The predicted molar refractivity (Wildman–Crippen MR) is 83.7 cm³/mol. The second kappa shape index (κ2) is 6.09. The first-order chi connectivity index (χ1) is 10.7. The number of benzene rings is 2. The molecule has 6 heteroatoms. The average Bonchev–Trinajstić information content (AvgIpc) is 3.10. The minimum atomic E-state index is -0.170. The van der Waals surface area contributed by atoms with E-state index in [0.29, 0.717) is 5.56 Å². The number of aromatic nitrogens is 3. The molecule has 1 amide bonds. The fraction of sp³-hybridized carbons (Fsp3) is 0.0625. The van der Waals surface area contributed by atoms with Crippen LogP contribution < -0.4 is 10.4 Å². The van der Waals surface area contributed by atoms with Crippen molar-refractivity contribution in [1.82, 2.24) is 20.2 Å². The Labute approximate surface area is 128 Å². The molecule has 2 aromatic carbocycles. The highest BCUT2D eigenvalue weighted by Crippen LogP contribution is 2.11. The van der Waals surface area contributed by atoms with Crippen LogP contribution in [0.5, 0.6) is 0 Å². The fourth-order valence-electron chi connectivity index (χ4n) is 2.04. The molecule has 0 unspecified atom stereocenters. The molecule has 0 saturated carbocycles. The highest BCUT2D eigenvalue weighted by molar-refractivity contribution is 5.95. The molecule has 0 aliphatic carbocycles. The van der Waals surface area contributed by atoms with Crippen molar-refractivity contribution in [2.45, 2.75) is 0 Å². The SMILES string of the molecule is CN(NC(=O)c1ccc(-n2cncn2)cc1)c1ccccc1. The summed E-state index contributed by atoms with van der Waals surface area (Å²) in [6, 6.07) is 16.8. The number of nitrogens with one attached hydrogen (secondary N) is 1. The molecule has 1 aromatic heterocycles. The van der Waals surface area contributed by atoms with Gasteiger partial charge in [0.15, 0.2) is 0 Å². The first-order valence-corrected chi connectivity index (χ1v) is 6.79. The van der Waals surface area contributed by atoms with Crippen LogP contribution in [0, 0.1) is 0 Å². The molecule has 22 heavy (non-hydrogen) atoms. The van der Waals surface area contributed by atoms with Gasteiger partial charge in [-0.15, -0.1) is 0 Å². The number of para-hydroxylation sites is 1. The molecule has 0 atom stereocenters. The molecule has 3 rings (SSSR count). The summed E-state index contributed by atoms with van der Waals surface area (Å²) < 4.78 is 1.64. The number of anilines is 1. The number of carbonyl (C=O) groups excluding carboxylic acids is 1. The molecule has 0 aliphatic heterocycles. The molecule has 110 valence electrons. The third-order valence-electron chi connectivity index (χ3n) is 3.23. The molecule has 0 bridgehead atoms. The smallest absolute Gasteiger partial charge is 0.269 e. The number of hydrogen-bond donors (Lipinski definition) is 1. The van der Waals surface area contributed by atoms with Crippen molar-refractivity contribution in [3.05, 3.63) is 72.8 Å². The van der Waals surface area contributed by atoms with Gasteiger partial charge in [-0.05, 0) is 36.4 Å². The molecule has 0 aliphatic rings. The van der Waals surface area contributed by atoms with Crippen LogP contribution in [0.25, 0.3) is 5.69 Å². The standard InChI is InChI=1S/C16H15N5O/c1-20(14-5-3-2-4-6-14)19-16(22)13-7-9-15(10-8-13)21-12-17-11-18-21/h2-12H,1H3,(H,19,22). The van der Waals surface area contributed by atoms with Crippen molar-refractivity contribution >= 4 is 11.6 Å². The zero-order valence-electron chi connectivity index (χ0n) is 12.0. The Balaban J connectivity index is 1.70. The van der Waals surface area contributed by atoms with Crippen LogP contribution in [-0.4, -0.2) is 27.7 Å². The number of rotatable bonds is 4. The molecular weight excluding hydrogens is 278 g/mol. The van der Waals surface area contributed by atoms with Crippen LogP contribution >= 0.6 is 0 Å². The van der Waals surface area contributed by atoms with Gasteiger partial charge in [-0.3, -0.25) is 15.2 Å². The Morgan fingerprint density at radius 1 is 1.09 bits per heavy atom. The van der Waals surface area contributed by atoms with Gasteiger partial charge in [0.25, 0.3) is 5.91 Å². The molecule has 1 N–H and O–H groups in total. The zero-order valence-corrected chi connectivity index (χ0v) is 12.0. The van der Waals surface area contributed by atoms with Gasteiger partial charge in [-0.25, -0.2) is 9.67 Å². The highest BCUT2D eigenvalue weighted by atomic mass is 16.2. The Morgan fingerprint density at radius 2 is 1.82 bits per heavy atom. The average molecular weight is 293 g/mol. The van der Waals surface area contributed by atoms with Gasteiger partial charge >= 0.3 is 0 Å². The summed E-state index contributed by atoms with van der Waals surface area (Å²) in [5.41, 5.74) is 5.17. The number of hydrogen-bond acceptors (Lipinski definition) is 4. The Bertz CT molecular complexity index is 738. The summed E-state index contributed by atoms with van der Waals surface area (Å²) in [5, 5.41) is 5.73. The first kappa shape index (κ1) is 13.8. The van der Waals surface area contributed by atoms with E-state index in [2.05, 4.69) is 15.5 Å². The van der Waals surface area contributed by atoms with Crippen molar-refractivity contribution in [2.75, 3.05) is 12.1 Å². The third kappa shape index (κ3) is 2.95. The molecule has 6 nitrogen and oxygen atoms in total. The lowest BCUT2D eigenvalue weighted by Crippen LogP contribution is -2.39. The molecule has 0 spiro atoms. The van der Waals surface area contributed by atoms with Gasteiger partial charge in [-0.2, -0.15) is 5.10 Å². The number of carbonyl (C=O) groups is 1. The van der Waals surface area contributed by atoms with Crippen molar-refractivity contribution in [2.24, 2.45) is 0 Å². The minimum absolute atomic E-state index is 0.170. The van der Waals surface area contributed by atoms with Crippen molar-refractivity contribution in [3.8, 4) is 5.69 Å². The van der Waals surface area contributed by atoms with E-state index in [-0.39, 0.29) is 5.91 Å². The van der Waals surface area contributed by atoms with E-state index in [1.54, 1.807) is 35.2 Å². The lowest BCUT2D eigenvalue weighted by Gasteiger charge is -2.20. The highest BCUT2D eigenvalue weighted by Gasteiger charge is 2.09.